The topological polar surface area (TPSA) is 444 Å². The summed E-state index contributed by atoms with van der Waals surface area (Å²) in [5, 5.41) is 90.4. The lowest BCUT2D eigenvalue weighted by atomic mass is 10.0. The van der Waals surface area contributed by atoms with E-state index in [4.69, 9.17) is 21.1 Å². The Bertz CT molecular complexity index is 6410. The molecule has 4 amide bonds. The van der Waals surface area contributed by atoms with Crippen LogP contribution < -0.4 is 30.7 Å². The number of hydrogen-bond acceptors (Lipinski definition) is 36. The van der Waals surface area contributed by atoms with Gasteiger partial charge in [-0.15, -0.1) is 127 Å². The van der Waals surface area contributed by atoms with Gasteiger partial charge in [-0.05, 0) is 142 Å². The van der Waals surface area contributed by atoms with Crippen LogP contribution in [0.1, 0.15) is 209 Å². The van der Waals surface area contributed by atoms with E-state index in [2.05, 4.69) is 103 Å². The molecule has 0 unspecified atom stereocenters. The molecule has 0 aliphatic heterocycles. The SMILES string of the molecule is COc1ccc(CC(=O)Nc2nnc(CCCCc3nnc(CC(C)=O)s3)s2)cc1OC.Cc1ccc(CC(=O)Cc2nnc(CCCCc3nnc(NC(=O)Cc4ccc(Cl)cc4)s3)s2)cc1.Cc1ccccc1CC(=O)Cc1nnc(CCCCc2nnc(NC(=O)Cc3ccccc3C)s2)s1.O=C(CCC(=O)c1ccccc1)Cc1nnc(CCCCc2nnc(NC(=O)CCC(=O)c3ccccc3)s2)s1. The number of ether oxygens (including phenoxy) is 2. The monoisotopic (exact) mass is 2110 g/mol. The number of ketones is 6. The Balaban J connectivity index is 0.000000172. The lowest BCUT2D eigenvalue weighted by Gasteiger charge is -2.09. The lowest BCUT2D eigenvalue weighted by Crippen LogP contribution is -2.14. The first-order valence-corrected chi connectivity index (χ1v) is 53.8. The first-order valence-electron chi connectivity index (χ1n) is 46.9. The molecule has 32 nitrogen and oxygen atoms in total. The zero-order valence-electron chi connectivity index (χ0n) is 80.4. The minimum absolute atomic E-state index is 0.0195. The average Bonchev–Trinajstić information content (AvgIpc) is 1.19. The summed E-state index contributed by atoms with van der Waals surface area (Å²) in [6, 6.07) is 54.3. The smallest absolute Gasteiger partial charge is 0.230 e. The van der Waals surface area contributed by atoms with Gasteiger partial charge >= 0.3 is 0 Å². The molecule has 41 heteroatoms. The molecule has 8 heterocycles. The van der Waals surface area contributed by atoms with Crippen LogP contribution in [0, 0.1) is 20.8 Å². The fraction of sp³-hybridized carbons (Fsp3) is 0.340. The molecule has 0 bridgehead atoms. The minimum atomic E-state index is -0.264. The van der Waals surface area contributed by atoms with Gasteiger partial charge in [-0.1, -0.05) is 214 Å². The molecule has 8 aromatic heterocycles. The first-order chi connectivity index (χ1) is 69.8. The molecule has 0 aliphatic carbocycles. The predicted octanol–water partition coefficient (Wildman–Crippen LogP) is 19.2. The highest BCUT2D eigenvalue weighted by Crippen LogP contribution is 2.31. The highest BCUT2D eigenvalue weighted by Gasteiger charge is 2.22. The number of nitrogens with one attached hydrogen (secondary N) is 4. The summed E-state index contributed by atoms with van der Waals surface area (Å²) < 4.78 is 10.5. The van der Waals surface area contributed by atoms with E-state index in [0.29, 0.717) is 91.7 Å². The van der Waals surface area contributed by atoms with Crippen LogP contribution in [0.5, 0.6) is 11.5 Å². The fourth-order valence-corrected chi connectivity index (χ4v) is 21.2. The van der Waals surface area contributed by atoms with Crippen molar-refractivity contribution in [1.82, 2.24) is 81.6 Å². The summed E-state index contributed by atoms with van der Waals surface area (Å²) in [5.41, 5.74) is 9.44. The number of amides is 4. The fourth-order valence-electron chi connectivity index (χ4n) is 14.2. The van der Waals surface area contributed by atoms with E-state index < -0.39 is 0 Å². The van der Waals surface area contributed by atoms with Gasteiger partial charge in [-0.2, -0.15) is 0 Å². The van der Waals surface area contributed by atoms with Gasteiger partial charge in [0.05, 0.1) is 59.2 Å². The maximum absolute atomic E-state index is 12.4. The molecule has 0 aliphatic rings. The van der Waals surface area contributed by atoms with Crippen LogP contribution in [0.4, 0.5) is 20.5 Å². The Morgan fingerprint density at radius 1 is 0.278 bits per heavy atom. The second-order valence-electron chi connectivity index (χ2n) is 33.5. The molecule has 15 rings (SSSR count). The van der Waals surface area contributed by atoms with Gasteiger partial charge in [0.2, 0.25) is 44.2 Å². The summed E-state index contributed by atoms with van der Waals surface area (Å²) in [4.78, 5) is 122. The number of carbonyl (C=O) groups is 10. The molecule has 4 N–H and O–H groups in total. The van der Waals surface area contributed by atoms with E-state index in [1.165, 1.54) is 96.3 Å². The normalized spacial score (nSPS) is 10.9. The van der Waals surface area contributed by atoms with Crippen molar-refractivity contribution < 1.29 is 57.4 Å². The zero-order valence-corrected chi connectivity index (χ0v) is 87.7. The maximum Gasteiger partial charge on any atom is 0.230 e. The number of rotatable bonds is 52. The van der Waals surface area contributed by atoms with Crippen molar-refractivity contribution in [2.45, 2.75) is 214 Å². The summed E-state index contributed by atoms with van der Waals surface area (Å²) in [5.74, 6) is 0.820. The largest absolute Gasteiger partial charge is 0.493 e. The van der Waals surface area contributed by atoms with Crippen LogP contribution in [0.2, 0.25) is 5.02 Å². The van der Waals surface area contributed by atoms with Gasteiger partial charge in [-0.3, -0.25) is 47.9 Å². The van der Waals surface area contributed by atoms with Crippen LogP contribution in [0.3, 0.4) is 0 Å². The number of Topliss-reactive ketones (excluding diaryl/α,β-unsaturated/α-hetero) is 6. The highest BCUT2D eigenvalue weighted by atomic mass is 35.5. The van der Waals surface area contributed by atoms with Gasteiger partial charge < -0.3 is 30.7 Å². The number of nitrogens with zero attached hydrogens (tertiary/aromatic N) is 16. The van der Waals surface area contributed by atoms with Crippen molar-refractivity contribution in [2.75, 3.05) is 35.5 Å². The number of hydrogen-bond donors (Lipinski definition) is 4. The number of methoxy groups -OCH3 is 2. The third-order valence-corrected chi connectivity index (χ3v) is 29.5. The summed E-state index contributed by atoms with van der Waals surface area (Å²) >= 11 is 17.4. The molecule has 144 heavy (non-hydrogen) atoms. The van der Waals surface area contributed by atoms with E-state index >= 15 is 0 Å². The Morgan fingerprint density at radius 3 is 0.993 bits per heavy atom. The van der Waals surface area contributed by atoms with E-state index in [0.717, 1.165) is 197 Å². The maximum atomic E-state index is 12.4. The van der Waals surface area contributed by atoms with E-state index in [9.17, 15) is 47.9 Å². The third kappa shape index (κ3) is 39.2. The zero-order chi connectivity index (χ0) is 102. The number of aryl methyl sites for hydroxylation is 11. The molecule has 0 radical (unpaired) electrons. The summed E-state index contributed by atoms with van der Waals surface area (Å²) in [6.07, 6.45) is 17.1. The number of halogens is 1. The molecule has 748 valence electrons. The molecule has 0 fully saturated rings. The minimum Gasteiger partial charge on any atom is -0.493 e. The molecule has 7 aromatic carbocycles. The van der Waals surface area contributed by atoms with Crippen LogP contribution >= 0.6 is 102 Å². The Kier molecular flexibility index (Phi) is 44.6. The first kappa shape index (κ1) is 110. The summed E-state index contributed by atoms with van der Waals surface area (Å²) in [7, 11) is 3.13. The number of unbranched alkanes of at least 4 members (excludes halogenated alkanes) is 4. The van der Waals surface area contributed by atoms with Crippen molar-refractivity contribution in [3.05, 3.63) is 297 Å². The lowest BCUT2D eigenvalue weighted by molar-refractivity contribution is -0.119. The van der Waals surface area contributed by atoms with Crippen molar-refractivity contribution >= 4 is 181 Å². The quantitative estimate of drug-likeness (QED) is 0.0203. The number of anilines is 4. The van der Waals surface area contributed by atoms with Gasteiger partial charge in [0.1, 0.15) is 83.2 Å². The molecule has 0 saturated carbocycles. The Hall–Kier alpha value is -13.2. The Morgan fingerprint density at radius 2 is 0.590 bits per heavy atom. The second-order valence-corrected chi connectivity index (χ2v) is 42.8. The van der Waals surface area contributed by atoms with Crippen LogP contribution in [0.25, 0.3) is 0 Å². The van der Waals surface area contributed by atoms with Gasteiger partial charge in [0.25, 0.3) is 0 Å². The molecular weight excluding hydrogens is 2000 g/mol. The molecule has 0 saturated heterocycles. The Labute approximate surface area is 870 Å². The number of benzene rings is 7. The van der Waals surface area contributed by atoms with Crippen molar-refractivity contribution in [3.8, 4) is 11.5 Å². The highest BCUT2D eigenvalue weighted by molar-refractivity contribution is 7.16. The third-order valence-electron chi connectivity index (χ3n) is 21.7. The van der Waals surface area contributed by atoms with Crippen molar-refractivity contribution in [3.63, 3.8) is 0 Å². The summed E-state index contributed by atoms with van der Waals surface area (Å²) in [6.45, 7) is 7.61. The van der Waals surface area contributed by atoms with Gasteiger partial charge in [-0.25, -0.2) is 0 Å². The van der Waals surface area contributed by atoms with Crippen LogP contribution in [-0.2, 0) is 148 Å². The van der Waals surface area contributed by atoms with Crippen LogP contribution in [0.15, 0.2) is 176 Å². The van der Waals surface area contributed by atoms with Crippen molar-refractivity contribution in [2.24, 2.45) is 0 Å². The molecule has 15 aromatic rings. The standard InChI is InChI=1S/C29H29N5O4S2.C27H29N5O2S2.C26H26ClN5O2S2.C21H25N5O4S2/c35-22(15-16-23(36)20-9-3-1-4-10-20)19-28-33-31-26(39-28)13-7-8-14-27-32-34-29(40-27)30-25(38)18-17-24(37)21-11-5-2-6-12-21;1-18-9-3-5-11-20(18)15-22(33)17-26-31-29-24(35-26)13-7-8-14-25-30-32-27(36-25)28-23(34)16-21-12-6-4-10-19(21)2;1-17-6-8-18(9-7-17)14-21(33)16-25-31-29-23(35-25)4-2-3-5-24-30-32-26(36-24)28-22(34)15-19-10-12-20(27)13-11-19;1-13(27)10-20-25-23-18(31-20)6-4-5-7-19-24-26-21(32-19)22-17(28)12-14-8-9-15(29-2)16(11-14)30-3/h1-6,9-12H,7-8,13-19H2,(H,30,34,38);3-6,9-12H,7-8,13-17H2,1-2H3,(H,28,32,34);6-13H,2-5,14-16H2,1H3,(H,28,32,34);8-9,11H,4-7,10,12H2,1-3H3,(H,22,26,28). The predicted molar refractivity (Wildman–Crippen MR) is 564 cm³/mol. The number of aromatic nitrogens is 16. The molecular formula is C103H109ClN20O12S8. The molecule has 0 atom stereocenters. The van der Waals surface area contributed by atoms with E-state index in [1.807, 2.05) is 136 Å². The van der Waals surface area contributed by atoms with E-state index in [-0.39, 0.29) is 103 Å². The van der Waals surface area contributed by atoms with Gasteiger partial charge in [0, 0.05) is 106 Å². The average molecular weight is 2110 g/mol. The van der Waals surface area contributed by atoms with E-state index in [1.54, 1.807) is 81.8 Å². The van der Waals surface area contributed by atoms with Crippen molar-refractivity contribution in [1.29, 1.82) is 0 Å². The van der Waals surface area contributed by atoms with Gasteiger partial charge in [0.15, 0.2) is 23.1 Å². The van der Waals surface area contributed by atoms with Crippen LogP contribution in [-0.4, -0.2) is 154 Å². The number of carbonyl (C=O) groups excluding carboxylic acids is 10. The molecule has 0 spiro atoms. The second kappa shape index (κ2) is 58.5.